The molecule has 0 saturated heterocycles. The van der Waals surface area contributed by atoms with Crippen LogP contribution in [0.1, 0.15) is 21.7 Å². The topological polar surface area (TPSA) is 117 Å². The minimum atomic E-state index is -1.32. The predicted octanol–water partition coefficient (Wildman–Crippen LogP) is 4.09. The maximum atomic E-state index is 11.6. The highest BCUT2D eigenvalue weighted by Crippen LogP contribution is 2.39. The molecule has 0 spiro atoms. The second-order valence-corrected chi connectivity index (χ2v) is 5.91. The zero-order chi connectivity index (χ0) is 19.7. The van der Waals surface area contributed by atoms with Crippen molar-refractivity contribution in [1.29, 1.82) is 0 Å². The van der Waals surface area contributed by atoms with E-state index in [0.717, 1.165) is 5.56 Å². The van der Waals surface area contributed by atoms with Crippen molar-refractivity contribution in [2.75, 3.05) is 12.4 Å². The summed E-state index contributed by atoms with van der Waals surface area (Å²) in [5.41, 5.74) is 1.64. The minimum absolute atomic E-state index is 0.00608. The SMILES string of the molecule is COc1ccc(Nc2oc(C=C3C=Nc4ncccc43)c(O)c2C(=O)O)cc1. The van der Waals surface area contributed by atoms with E-state index in [1.54, 1.807) is 49.9 Å². The number of carbonyl (C=O) groups is 1. The molecule has 28 heavy (non-hydrogen) atoms. The average Bonchev–Trinajstić information content (AvgIpc) is 3.24. The fraction of sp³-hybridized carbons (Fsp3) is 0.0500. The van der Waals surface area contributed by atoms with Gasteiger partial charge in [0.05, 0.1) is 7.11 Å². The van der Waals surface area contributed by atoms with Crippen LogP contribution in [-0.2, 0) is 0 Å². The van der Waals surface area contributed by atoms with Crippen LogP contribution in [0.5, 0.6) is 11.5 Å². The molecule has 8 nitrogen and oxygen atoms in total. The van der Waals surface area contributed by atoms with Crippen LogP contribution in [0.4, 0.5) is 17.4 Å². The molecule has 140 valence electrons. The van der Waals surface area contributed by atoms with Gasteiger partial charge in [0, 0.05) is 29.2 Å². The molecule has 0 aliphatic carbocycles. The number of pyridine rings is 1. The number of aromatic nitrogens is 1. The molecule has 0 atom stereocenters. The number of benzene rings is 1. The quantitative estimate of drug-likeness (QED) is 0.613. The number of aromatic hydroxyl groups is 1. The number of anilines is 2. The van der Waals surface area contributed by atoms with Gasteiger partial charge >= 0.3 is 5.97 Å². The normalized spacial score (nSPS) is 13.5. The summed E-state index contributed by atoms with van der Waals surface area (Å²) in [4.78, 5) is 20.0. The fourth-order valence-electron chi connectivity index (χ4n) is 2.81. The number of ether oxygens (including phenoxy) is 1. The lowest BCUT2D eigenvalue weighted by Crippen LogP contribution is -2.00. The number of allylic oxidation sites excluding steroid dienone is 1. The van der Waals surface area contributed by atoms with Crippen molar-refractivity contribution in [3.05, 3.63) is 59.5 Å². The Hall–Kier alpha value is -4.07. The van der Waals surface area contributed by atoms with Crippen molar-refractivity contribution in [3.8, 4) is 11.5 Å². The number of carboxylic acids is 1. The van der Waals surface area contributed by atoms with Crippen LogP contribution < -0.4 is 10.1 Å². The van der Waals surface area contributed by atoms with E-state index in [-0.39, 0.29) is 17.2 Å². The van der Waals surface area contributed by atoms with Gasteiger partial charge in [-0.05, 0) is 42.5 Å². The van der Waals surface area contributed by atoms with Crippen LogP contribution in [0.3, 0.4) is 0 Å². The Morgan fingerprint density at radius 3 is 2.75 bits per heavy atom. The number of methoxy groups -OCH3 is 1. The highest BCUT2D eigenvalue weighted by molar-refractivity contribution is 6.21. The number of fused-ring (bicyclic) bond motifs is 1. The molecule has 1 aliphatic heterocycles. The van der Waals surface area contributed by atoms with E-state index in [4.69, 9.17) is 9.15 Å². The molecular formula is C20H15N3O5. The van der Waals surface area contributed by atoms with Gasteiger partial charge in [-0.15, -0.1) is 0 Å². The first-order chi connectivity index (χ1) is 13.6. The van der Waals surface area contributed by atoms with Crippen molar-refractivity contribution in [2.24, 2.45) is 4.99 Å². The Morgan fingerprint density at radius 2 is 2.04 bits per heavy atom. The number of aromatic carboxylic acids is 1. The predicted molar refractivity (Wildman–Crippen MR) is 104 cm³/mol. The van der Waals surface area contributed by atoms with E-state index in [0.29, 0.717) is 22.8 Å². The smallest absolute Gasteiger partial charge is 0.345 e. The van der Waals surface area contributed by atoms with E-state index >= 15 is 0 Å². The summed E-state index contributed by atoms with van der Waals surface area (Å²) in [7, 11) is 1.55. The molecule has 0 radical (unpaired) electrons. The number of carboxylic acid groups (broad SMARTS) is 1. The Labute approximate surface area is 159 Å². The second-order valence-electron chi connectivity index (χ2n) is 5.91. The Balaban J connectivity index is 1.72. The first kappa shape index (κ1) is 17.3. The third-order valence-electron chi connectivity index (χ3n) is 4.18. The summed E-state index contributed by atoms with van der Waals surface area (Å²) in [6, 6.07) is 10.4. The standard InChI is InChI=1S/C20H15N3O5/c1-27-13-6-4-12(5-7-13)23-19-16(20(25)26)17(24)15(28-19)9-11-10-22-18-14(11)3-2-8-21-18/h2-10,23-24H,1H3,(H,25,26). The highest BCUT2D eigenvalue weighted by atomic mass is 16.5. The number of nitrogens with one attached hydrogen (secondary N) is 1. The molecule has 4 rings (SSSR count). The van der Waals surface area contributed by atoms with Crippen molar-refractivity contribution in [1.82, 2.24) is 4.98 Å². The highest BCUT2D eigenvalue weighted by Gasteiger charge is 2.26. The van der Waals surface area contributed by atoms with Gasteiger partial charge in [-0.2, -0.15) is 0 Å². The molecule has 0 bridgehead atoms. The second kappa shape index (κ2) is 6.92. The molecule has 0 saturated carbocycles. The zero-order valence-electron chi connectivity index (χ0n) is 14.7. The van der Waals surface area contributed by atoms with Gasteiger partial charge in [0.1, 0.15) is 5.75 Å². The van der Waals surface area contributed by atoms with Crippen LogP contribution in [0.2, 0.25) is 0 Å². The summed E-state index contributed by atoms with van der Waals surface area (Å²) in [6.07, 6.45) is 4.73. The molecule has 1 aliphatic rings. The van der Waals surface area contributed by atoms with Crippen molar-refractivity contribution >= 4 is 41.2 Å². The molecule has 0 fully saturated rings. The Kier molecular flexibility index (Phi) is 4.29. The Morgan fingerprint density at radius 1 is 1.25 bits per heavy atom. The van der Waals surface area contributed by atoms with Crippen molar-refractivity contribution in [2.45, 2.75) is 0 Å². The monoisotopic (exact) mass is 377 g/mol. The van der Waals surface area contributed by atoms with Gasteiger partial charge in [-0.3, -0.25) is 0 Å². The lowest BCUT2D eigenvalue weighted by Gasteiger charge is -2.05. The largest absolute Gasteiger partial charge is 0.504 e. The summed E-state index contributed by atoms with van der Waals surface area (Å²) >= 11 is 0. The van der Waals surface area contributed by atoms with Crippen LogP contribution >= 0.6 is 0 Å². The average molecular weight is 377 g/mol. The van der Waals surface area contributed by atoms with Gasteiger partial charge < -0.3 is 24.7 Å². The number of aliphatic imine (C=N–C) groups is 1. The maximum Gasteiger partial charge on any atom is 0.345 e. The number of furan rings is 1. The molecule has 3 aromatic rings. The van der Waals surface area contributed by atoms with Crippen molar-refractivity contribution in [3.63, 3.8) is 0 Å². The molecule has 0 unspecified atom stereocenters. The third kappa shape index (κ3) is 3.07. The molecular weight excluding hydrogens is 362 g/mol. The summed E-state index contributed by atoms with van der Waals surface area (Å²) in [6.45, 7) is 0. The van der Waals surface area contributed by atoms with E-state index in [1.165, 1.54) is 6.08 Å². The summed E-state index contributed by atoms with van der Waals surface area (Å²) in [5, 5.41) is 22.8. The number of hydrogen-bond donors (Lipinski definition) is 3. The fourth-order valence-corrected chi connectivity index (χ4v) is 2.81. The lowest BCUT2D eigenvalue weighted by atomic mass is 10.1. The minimum Gasteiger partial charge on any atom is -0.504 e. The first-order valence-corrected chi connectivity index (χ1v) is 8.28. The molecule has 2 aromatic heterocycles. The molecule has 8 heteroatoms. The zero-order valence-corrected chi connectivity index (χ0v) is 14.7. The lowest BCUT2D eigenvalue weighted by molar-refractivity contribution is 0.0695. The van der Waals surface area contributed by atoms with Gasteiger partial charge in [-0.25, -0.2) is 14.8 Å². The summed E-state index contributed by atoms with van der Waals surface area (Å²) in [5.74, 6) is -0.653. The number of hydrogen-bond acceptors (Lipinski definition) is 7. The van der Waals surface area contributed by atoms with E-state index in [1.807, 2.05) is 6.07 Å². The third-order valence-corrected chi connectivity index (χ3v) is 4.18. The van der Waals surface area contributed by atoms with E-state index in [2.05, 4.69) is 15.3 Å². The molecule has 3 N–H and O–H groups in total. The van der Waals surface area contributed by atoms with Crippen LogP contribution in [0, 0.1) is 0 Å². The van der Waals surface area contributed by atoms with Gasteiger partial charge in [0.15, 0.2) is 22.9 Å². The number of nitrogens with zero attached hydrogens (tertiary/aromatic N) is 2. The molecule has 3 heterocycles. The van der Waals surface area contributed by atoms with Gasteiger partial charge in [0.2, 0.25) is 5.88 Å². The Bertz CT molecular complexity index is 1110. The van der Waals surface area contributed by atoms with Crippen LogP contribution in [0.15, 0.2) is 52.0 Å². The maximum absolute atomic E-state index is 11.6. The van der Waals surface area contributed by atoms with E-state index in [9.17, 15) is 15.0 Å². The molecule has 0 amide bonds. The summed E-state index contributed by atoms with van der Waals surface area (Å²) < 4.78 is 10.7. The van der Waals surface area contributed by atoms with E-state index < -0.39 is 11.7 Å². The molecule has 1 aromatic carbocycles. The van der Waals surface area contributed by atoms with Crippen LogP contribution in [0.25, 0.3) is 11.6 Å². The number of rotatable bonds is 5. The van der Waals surface area contributed by atoms with Gasteiger partial charge in [-0.1, -0.05) is 0 Å². The van der Waals surface area contributed by atoms with Crippen molar-refractivity contribution < 1.29 is 24.2 Å². The van der Waals surface area contributed by atoms with Crippen LogP contribution in [-0.4, -0.2) is 34.5 Å². The first-order valence-electron chi connectivity index (χ1n) is 8.28. The van der Waals surface area contributed by atoms with Gasteiger partial charge in [0.25, 0.3) is 0 Å².